The molecule has 1 aliphatic carbocycles. The molecule has 0 spiro atoms. The Balaban J connectivity index is 1.73. The third kappa shape index (κ3) is 3.75. The minimum atomic E-state index is -1.27. The van der Waals surface area contributed by atoms with E-state index in [9.17, 15) is 14.7 Å². The third-order valence-electron chi connectivity index (χ3n) is 6.18. The number of carbonyl (C=O) groups is 1. The van der Waals surface area contributed by atoms with Gasteiger partial charge in [-0.15, -0.1) is 0 Å². The Kier molecular flexibility index (Phi) is 5.34. The van der Waals surface area contributed by atoms with E-state index in [4.69, 9.17) is 0 Å². The van der Waals surface area contributed by atoms with Gasteiger partial charge in [-0.25, -0.2) is 9.18 Å². The summed E-state index contributed by atoms with van der Waals surface area (Å²) in [5, 5.41) is 9.52. The molecular weight excluding hydrogens is 373 g/mol. The lowest BCUT2D eigenvalue weighted by molar-refractivity contribution is 0.0695. The molecule has 1 aromatic heterocycles. The zero-order valence-corrected chi connectivity index (χ0v) is 17.0. The maximum absolute atomic E-state index is 15.0. The lowest BCUT2D eigenvalue weighted by Gasteiger charge is -2.41. The molecule has 2 heterocycles. The number of carboxylic acids is 1. The highest BCUT2D eigenvalue weighted by atomic mass is 19.1. The summed E-state index contributed by atoms with van der Waals surface area (Å²) in [4.78, 5) is 28.6. The largest absolute Gasteiger partial charge is 0.477 e. The number of aromatic carboxylic acids is 1. The summed E-state index contributed by atoms with van der Waals surface area (Å²) in [5.74, 6) is -1.73. The zero-order chi connectivity index (χ0) is 20.7. The molecule has 2 fully saturated rings. The summed E-state index contributed by atoms with van der Waals surface area (Å²) in [6.45, 7) is 7.75. The van der Waals surface area contributed by atoms with E-state index < -0.39 is 17.2 Å². The van der Waals surface area contributed by atoms with Crippen LogP contribution in [0.1, 0.15) is 55.9 Å². The van der Waals surface area contributed by atoms with Crippen molar-refractivity contribution in [1.29, 1.82) is 0 Å². The van der Waals surface area contributed by atoms with E-state index in [0.29, 0.717) is 17.2 Å². The topological polar surface area (TPSA) is 65.8 Å². The standard InChI is InChI=1S/C22H28FN3O3/c1-3-4-7-24-8-9-25(12-14(24)2)20-11-19-16(10-18(20)23)21(27)17(22(28)29)13-26(19)15-5-6-15/h10-11,13-15H,3-9,12H2,1-2H3,(H,28,29). The quantitative estimate of drug-likeness (QED) is 0.803. The van der Waals surface area contributed by atoms with Crippen LogP contribution in [0.25, 0.3) is 10.9 Å². The average Bonchev–Trinajstić information content (AvgIpc) is 3.52. The van der Waals surface area contributed by atoms with Gasteiger partial charge in [-0.2, -0.15) is 0 Å². The number of fused-ring (bicyclic) bond motifs is 1. The van der Waals surface area contributed by atoms with Gasteiger partial charge >= 0.3 is 5.97 Å². The van der Waals surface area contributed by atoms with Gasteiger partial charge in [0.25, 0.3) is 0 Å². The molecule has 2 aromatic rings. The molecule has 156 valence electrons. The van der Waals surface area contributed by atoms with Crippen molar-refractivity contribution in [3.8, 4) is 0 Å². The first kappa shape index (κ1) is 19.9. The van der Waals surface area contributed by atoms with Gasteiger partial charge in [0.2, 0.25) is 5.43 Å². The van der Waals surface area contributed by atoms with Crippen molar-refractivity contribution in [2.45, 2.75) is 51.6 Å². The summed E-state index contributed by atoms with van der Waals surface area (Å²) in [5.41, 5.74) is 0.207. The van der Waals surface area contributed by atoms with Crippen LogP contribution in [-0.4, -0.2) is 52.8 Å². The molecule has 0 bridgehead atoms. The van der Waals surface area contributed by atoms with E-state index in [1.165, 1.54) is 12.3 Å². The minimum absolute atomic E-state index is 0.146. The number of nitrogens with zero attached hydrogens (tertiary/aromatic N) is 3. The number of carboxylic acid groups (broad SMARTS) is 1. The van der Waals surface area contributed by atoms with E-state index in [1.807, 2.05) is 4.57 Å². The molecule has 0 radical (unpaired) electrons. The van der Waals surface area contributed by atoms with E-state index in [-0.39, 0.29) is 17.0 Å². The van der Waals surface area contributed by atoms with Crippen LogP contribution in [-0.2, 0) is 0 Å². The van der Waals surface area contributed by atoms with Crippen molar-refractivity contribution in [3.63, 3.8) is 0 Å². The van der Waals surface area contributed by atoms with Crippen LogP contribution in [0.3, 0.4) is 0 Å². The molecule has 29 heavy (non-hydrogen) atoms. The van der Waals surface area contributed by atoms with Crippen molar-refractivity contribution in [1.82, 2.24) is 9.47 Å². The second-order valence-corrected chi connectivity index (χ2v) is 8.32. The first-order chi connectivity index (χ1) is 13.9. The highest BCUT2D eigenvalue weighted by molar-refractivity contribution is 5.93. The van der Waals surface area contributed by atoms with Gasteiger partial charge in [0.1, 0.15) is 11.4 Å². The highest BCUT2D eigenvalue weighted by Gasteiger charge is 2.29. The van der Waals surface area contributed by atoms with Crippen LogP contribution in [0.15, 0.2) is 23.1 Å². The van der Waals surface area contributed by atoms with Crippen molar-refractivity contribution < 1.29 is 14.3 Å². The number of hydrogen-bond donors (Lipinski definition) is 1. The molecule has 1 atom stereocenters. The monoisotopic (exact) mass is 401 g/mol. The number of benzene rings is 1. The number of piperazine rings is 1. The lowest BCUT2D eigenvalue weighted by atomic mass is 10.1. The second-order valence-electron chi connectivity index (χ2n) is 8.32. The summed E-state index contributed by atoms with van der Waals surface area (Å²) >= 11 is 0. The van der Waals surface area contributed by atoms with Crippen molar-refractivity contribution in [2.24, 2.45) is 0 Å². The van der Waals surface area contributed by atoms with E-state index in [0.717, 1.165) is 51.9 Å². The zero-order valence-electron chi connectivity index (χ0n) is 17.0. The van der Waals surface area contributed by atoms with Crippen LogP contribution >= 0.6 is 0 Å². The first-order valence-electron chi connectivity index (χ1n) is 10.5. The Morgan fingerprint density at radius 1 is 1.28 bits per heavy atom. The second kappa shape index (κ2) is 7.78. The Hall–Kier alpha value is -2.41. The first-order valence-corrected chi connectivity index (χ1v) is 10.5. The maximum atomic E-state index is 15.0. The number of pyridine rings is 1. The fourth-order valence-electron chi connectivity index (χ4n) is 4.32. The summed E-state index contributed by atoms with van der Waals surface area (Å²) in [6.07, 6.45) is 5.63. The molecule has 4 rings (SSSR count). The number of halogens is 1. The molecule has 2 aliphatic rings. The van der Waals surface area contributed by atoms with Crippen LogP contribution in [0.4, 0.5) is 10.1 Å². The fraction of sp³-hybridized carbons (Fsp3) is 0.545. The molecule has 1 aromatic carbocycles. The molecule has 6 nitrogen and oxygen atoms in total. The molecule has 1 saturated carbocycles. The Bertz CT molecular complexity index is 999. The van der Waals surface area contributed by atoms with Crippen LogP contribution in [0.5, 0.6) is 0 Å². The minimum Gasteiger partial charge on any atom is -0.477 e. The van der Waals surface area contributed by atoms with E-state index in [1.54, 1.807) is 6.07 Å². The molecule has 1 N–H and O–H groups in total. The lowest BCUT2D eigenvalue weighted by Crippen LogP contribution is -2.52. The number of hydrogen-bond acceptors (Lipinski definition) is 4. The van der Waals surface area contributed by atoms with Gasteiger partial charge in [-0.3, -0.25) is 9.69 Å². The van der Waals surface area contributed by atoms with Gasteiger partial charge in [-0.05, 0) is 44.9 Å². The molecule has 7 heteroatoms. The van der Waals surface area contributed by atoms with Gasteiger partial charge in [-0.1, -0.05) is 13.3 Å². The summed E-state index contributed by atoms with van der Waals surface area (Å²) in [7, 11) is 0. The van der Waals surface area contributed by atoms with Crippen molar-refractivity contribution in [2.75, 3.05) is 31.1 Å². The predicted molar refractivity (Wildman–Crippen MR) is 112 cm³/mol. The maximum Gasteiger partial charge on any atom is 0.341 e. The number of anilines is 1. The molecule has 1 unspecified atom stereocenters. The number of aromatic nitrogens is 1. The molecule has 1 aliphatic heterocycles. The number of unbranched alkanes of at least 4 members (excludes halogenated alkanes) is 1. The Labute approximate surface area is 169 Å². The molecule has 0 amide bonds. The highest BCUT2D eigenvalue weighted by Crippen LogP contribution is 2.38. The third-order valence-corrected chi connectivity index (χ3v) is 6.18. The molecular formula is C22H28FN3O3. The average molecular weight is 401 g/mol. The fourth-order valence-corrected chi connectivity index (χ4v) is 4.32. The van der Waals surface area contributed by atoms with Gasteiger partial charge in [0.05, 0.1) is 11.2 Å². The van der Waals surface area contributed by atoms with Crippen LogP contribution in [0, 0.1) is 5.82 Å². The predicted octanol–water partition coefficient (Wildman–Crippen LogP) is 3.48. The summed E-state index contributed by atoms with van der Waals surface area (Å²) in [6, 6.07) is 3.47. The Morgan fingerprint density at radius 3 is 2.66 bits per heavy atom. The normalized spacial score (nSPS) is 20.4. The smallest absolute Gasteiger partial charge is 0.341 e. The van der Waals surface area contributed by atoms with Gasteiger partial charge < -0.3 is 14.6 Å². The SMILES string of the molecule is CCCCN1CCN(c2cc3c(cc2F)c(=O)c(C(=O)O)cn3C2CC2)CC1C. The summed E-state index contributed by atoms with van der Waals surface area (Å²) < 4.78 is 16.9. The number of rotatable bonds is 6. The van der Waals surface area contributed by atoms with E-state index in [2.05, 4.69) is 23.6 Å². The van der Waals surface area contributed by atoms with Crippen molar-refractivity contribution in [3.05, 3.63) is 39.9 Å². The van der Waals surface area contributed by atoms with Gasteiger partial charge in [0.15, 0.2) is 0 Å². The Morgan fingerprint density at radius 2 is 2.03 bits per heavy atom. The van der Waals surface area contributed by atoms with Crippen molar-refractivity contribution >= 4 is 22.6 Å². The van der Waals surface area contributed by atoms with Crippen LogP contribution < -0.4 is 10.3 Å². The van der Waals surface area contributed by atoms with Gasteiger partial charge in [0, 0.05) is 43.3 Å². The van der Waals surface area contributed by atoms with E-state index >= 15 is 4.39 Å². The van der Waals surface area contributed by atoms with Crippen LogP contribution in [0.2, 0.25) is 0 Å². The molecule has 1 saturated heterocycles.